The van der Waals surface area contributed by atoms with Gasteiger partial charge in [-0.25, -0.2) is 8.78 Å². The number of likely N-dealkylation sites (N-methyl/N-ethyl adjacent to an activating group) is 1. The quantitative estimate of drug-likeness (QED) is 0.735. The van der Waals surface area contributed by atoms with Crippen LogP contribution in [0.2, 0.25) is 5.02 Å². The first-order valence-electron chi connectivity index (χ1n) is 8.38. The number of hydrogen-bond acceptors (Lipinski definition) is 2. The lowest BCUT2D eigenvalue weighted by atomic mass is 9.93. The summed E-state index contributed by atoms with van der Waals surface area (Å²) in [6.45, 7) is 1.54. The predicted octanol–water partition coefficient (Wildman–Crippen LogP) is 4.82. The van der Waals surface area contributed by atoms with Crippen LogP contribution in [-0.2, 0) is 12.7 Å². The van der Waals surface area contributed by atoms with Crippen LogP contribution in [0.25, 0.3) is 0 Å². The van der Waals surface area contributed by atoms with Gasteiger partial charge in [0, 0.05) is 31.6 Å². The lowest BCUT2D eigenvalue weighted by Gasteiger charge is -2.29. The Balaban J connectivity index is 1.76. The summed E-state index contributed by atoms with van der Waals surface area (Å²) in [6, 6.07) is 7.61. The van der Waals surface area contributed by atoms with Crippen molar-refractivity contribution in [3.63, 3.8) is 0 Å². The minimum atomic E-state index is -4.71. The van der Waals surface area contributed by atoms with Gasteiger partial charge in [0.15, 0.2) is 0 Å². The third-order valence-electron chi connectivity index (χ3n) is 4.89. The molecular formula is C19H18ClF5N2. The van der Waals surface area contributed by atoms with Crippen molar-refractivity contribution in [2.75, 3.05) is 20.1 Å². The fourth-order valence-corrected chi connectivity index (χ4v) is 3.62. The zero-order valence-corrected chi connectivity index (χ0v) is 15.2. The minimum absolute atomic E-state index is 0.0129. The molecule has 3 rings (SSSR count). The van der Waals surface area contributed by atoms with Crippen LogP contribution in [0.4, 0.5) is 22.0 Å². The van der Waals surface area contributed by atoms with Crippen LogP contribution >= 0.6 is 11.6 Å². The van der Waals surface area contributed by atoms with Crippen LogP contribution in [0.15, 0.2) is 36.4 Å². The summed E-state index contributed by atoms with van der Waals surface area (Å²) in [5, 5.41) is 3.29. The van der Waals surface area contributed by atoms with Crippen LogP contribution in [0.1, 0.15) is 22.6 Å². The molecule has 0 amide bonds. The van der Waals surface area contributed by atoms with E-state index in [9.17, 15) is 22.0 Å². The van der Waals surface area contributed by atoms with Crippen molar-refractivity contribution >= 4 is 11.6 Å². The molecule has 1 heterocycles. The molecule has 0 radical (unpaired) electrons. The van der Waals surface area contributed by atoms with Crippen molar-refractivity contribution < 1.29 is 22.0 Å². The highest BCUT2D eigenvalue weighted by Gasteiger charge is 2.35. The van der Waals surface area contributed by atoms with Gasteiger partial charge in [-0.1, -0.05) is 23.7 Å². The standard InChI is InChI=1S/C19H18ClF5N2/c1-27(10-11-2-4-14(16(21)6-11)19(23,24)25)18-9-26-8-13(18)12-3-5-15(20)17(22)7-12/h2-7,13,18,26H,8-10H2,1H3. The van der Waals surface area contributed by atoms with Crippen LogP contribution in [0.5, 0.6) is 0 Å². The highest BCUT2D eigenvalue weighted by Crippen LogP contribution is 2.33. The molecular weight excluding hydrogens is 387 g/mol. The summed E-state index contributed by atoms with van der Waals surface area (Å²) < 4.78 is 65.6. The Labute approximate surface area is 158 Å². The van der Waals surface area contributed by atoms with Crippen LogP contribution in [-0.4, -0.2) is 31.1 Å². The molecule has 8 heteroatoms. The number of halogens is 6. The Morgan fingerprint density at radius 3 is 2.44 bits per heavy atom. The summed E-state index contributed by atoms with van der Waals surface area (Å²) >= 11 is 5.74. The topological polar surface area (TPSA) is 15.3 Å². The second-order valence-electron chi connectivity index (χ2n) is 6.73. The van der Waals surface area contributed by atoms with E-state index in [4.69, 9.17) is 11.6 Å². The lowest BCUT2D eigenvalue weighted by molar-refractivity contribution is -0.140. The monoisotopic (exact) mass is 404 g/mol. The first-order valence-corrected chi connectivity index (χ1v) is 8.76. The normalized spacial score (nSPS) is 20.4. The Morgan fingerprint density at radius 1 is 1.07 bits per heavy atom. The number of nitrogens with zero attached hydrogens (tertiary/aromatic N) is 1. The van der Waals surface area contributed by atoms with Crippen molar-refractivity contribution in [3.05, 3.63) is 69.7 Å². The van der Waals surface area contributed by atoms with E-state index in [0.717, 1.165) is 17.7 Å². The molecule has 2 aromatic carbocycles. The van der Waals surface area contributed by atoms with E-state index in [1.807, 2.05) is 11.9 Å². The maximum absolute atomic E-state index is 13.8. The first-order chi connectivity index (χ1) is 12.7. The van der Waals surface area contributed by atoms with E-state index in [0.29, 0.717) is 18.7 Å². The van der Waals surface area contributed by atoms with Gasteiger partial charge < -0.3 is 5.32 Å². The maximum atomic E-state index is 13.8. The molecule has 1 saturated heterocycles. The summed E-state index contributed by atoms with van der Waals surface area (Å²) in [7, 11) is 1.81. The van der Waals surface area contributed by atoms with E-state index in [2.05, 4.69) is 5.32 Å². The molecule has 1 N–H and O–H groups in total. The molecule has 1 aliphatic heterocycles. The molecule has 2 atom stereocenters. The fourth-order valence-electron chi connectivity index (χ4n) is 3.50. The van der Waals surface area contributed by atoms with Gasteiger partial charge in [-0.3, -0.25) is 4.90 Å². The zero-order chi connectivity index (χ0) is 19.8. The third-order valence-corrected chi connectivity index (χ3v) is 5.20. The van der Waals surface area contributed by atoms with Gasteiger partial charge in [0.05, 0.1) is 10.6 Å². The zero-order valence-electron chi connectivity index (χ0n) is 14.5. The molecule has 2 nitrogen and oxygen atoms in total. The Kier molecular flexibility index (Phi) is 5.74. The molecule has 146 valence electrons. The van der Waals surface area contributed by atoms with E-state index in [1.54, 1.807) is 6.07 Å². The minimum Gasteiger partial charge on any atom is -0.314 e. The second-order valence-corrected chi connectivity index (χ2v) is 7.14. The fraction of sp³-hybridized carbons (Fsp3) is 0.368. The Bertz CT molecular complexity index is 824. The number of benzene rings is 2. The molecule has 0 bridgehead atoms. The molecule has 0 spiro atoms. The van der Waals surface area contributed by atoms with Crippen LogP contribution in [0.3, 0.4) is 0 Å². The van der Waals surface area contributed by atoms with Crippen molar-refractivity contribution in [1.29, 1.82) is 0 Å². The van der Waals surface area contributed by atoms with Gasteiger partial charge in [0.2, 0.25) is 0 Å². The van der Waals surface area contributed by atoms with E-state index in [-0.39, 0.29) is 23.5 Å². The van der Waals surface area contributed by atoms with Crippen molar-refractivity contribution in [2.24, 2.45) is 0 Å². The molecule has 0 saturated carbocycles. The van der Waals surface area contributed by atoms with Crippen molar-refractivity contribution in [1.82, 2.24) is 10.2 Å². The average molecular weight is 405 g/mol. The lowest BCUT2D eigenvalue weighted by Crippen LogP contribution is -2.36. The van der Waals surface area contributed by atoms with Gasteiger partial charge >= 0.3 is 6.18 Å². The van der Waals surface area contributed by atoms with Gasteiger partial charge in [-0.15, -0.1) is 0 Å². The number of rotatable bonds is 4. The van der Waals surface area contributed by atoms with Gasteiger partial charge in [-0.2, -0.15) is 13.2 Å². The van der Waals surface area contributed by atoms with Gasteiger partial charge in [0.25, 0.3) is 0 Å². The smallest absolute Gasteiger partial charge is 0.314 e. The largest absolute Gasteiger partial charge is 0.419 e. The van der Waals surface area contributed by atoms with E-state index in [1.165, 1.54) is 18.2 Å². The number of nitrogens with one attached hydrogen (secondary N) is 1. The molecule has 1 fully saturated rings. The number of hydrogen-bond donors (Lipinski definition) is 1. The van der Waals surface area contributed by atoms with Gasteiger partial charge in [-0.05, 0) is 42.4 Å². The van der Waals surface area contributed by atoms with E-state index < -0.39 is 23.4 Å². The SMILES string of the molecule is CN(Cc1ccc(C(F)(F)F)c(F)c1)C1CNCC1c1ccc(Cl)c(F)c1. The molecule has 0 aromatic heterocycles. The van der Waals surface area contributed by atoms with Crippen molar-refractivity contribution in [3.8, 4) is 0 Å². The Hall–Kier alpha value is -1.70. The molecule has 2 unspecified atom stereocenters. The molecule has 0 aliphatic carbocycles. The van der Waals surface area contributed by atoms with Crippen LogP contribution in [0, 0.1) is 11.6 Å². The highest BCUT2D eigenvalue weighted by molar-refractivity contribution is 6.30. The summed E-state index contributed by atoms with van der Waals surface area (Å²) in [4.78, 5) is 1.93. The predicted molar refractivity (Wildman–Crippen MR) is 93.7 cm³/mol. The van der Waals surface area contributed by atoms with Gasteiger partial charge in [0.1, 0.15) is 11.6 Å². The first kappa shape index (κ1) is 20.0. The second kappa shape index (κ2) is 7.73. The van der Waals surface area contributed by atoms with Crippen LogP contribution < -0.4 is 5.32 Å². The highest BCUT2D eigenvalue weighted by atomic mass is 35.5. The van der Waals surface area contributed by atoms with Crippen molar-refractivity contribution in [2.45, 2.75) is 24.7 Å². The molecule has 27 heavy (non-hydrogen) atoms. The number of alkyl halides is 3. The summed E-state index contributed by atoms with van der Waals surface area (Å²) in [5.41, 5.74) is -0.0424. The third kappa shape index (κ3) is 4.42. The summed E-state index contributed by atoms with van der Waals surface area (Å²) in [5.74, 6) is -1.79. The Morgan fingerprint density at radius 2 is 1.81 bits per heavy atom. The molecule has 1 aliphatic rings. The summed E-state index contributed by atoms with van der Waals surface area (Å²) in [6.07, 6.45) is -4.71. The van der Waals surface area contributed by atoms with E-state index >= 15 is 0 Å². The maximum Gasteiger partial charge on any atom is 0.419 e. The average Bonchev–Trinajstić information content (AvgIpc) is 3.06. The molecule has 2 aromatic rings.